The molecule has 158 valence electrons. The summed E-state index contributed by atoms with van der Waals surface area (Å²) in [7, 11) is 1.60. The lowest BCUT2D eigenvalue weighted by atomic mass is 9.94. The van der Waals surface area contributed by atoms with Crippen LogP contribution in [-0.2, 0) is 10.2 Å². The highest BCUT2D eigenvalue weighted by Crippen LogP contribution is 2.51. The van der Waals surface area contributed by atoms with E-state index in [9.17, 15) is 9.59 Å². The zero-order valence-electron chi connectivity index (χ0n) is 17.0. The minimum absolute atomic E-state index is 0. The van der Waals surface area contributed by atoms with Gasteiger partial charge in [-0.1, -0.05) is 18.2 Å². The van der Waals surface area contributed by atoms with Crippen molar-refractivity contribution in [3.63, 3.8) is 0 Å². The molecule has 1 fully saturated rings. The number of nitrogens with zero attached hydrogens (tertiary/aromatic N) is 1. The van der Waals surface area contributed by atoms with Crippen molar-refractivity contribution >= 4 is 17.6 Å². The number of hydrogen-bond acceptors (Lipinski definition) is 5. The molecule has 0 unspecified atom stereocenters. The highest BCUT2D eigenvalue weighted by Gasteiger charge is 2.51. The number of anilines is 1. The van der Waals surface area contributed by atoms with E-state index in [-0.39, 0.29) is 20.0 Å². The SMILES string of the molecule is CNC(=O)c1cccc(-c2ccc(NC(=O)C3(c4ccc5c(c4)OCO5)CC3)nc2)c1.[HH]. The third-order valence-corrected chi connectivity index (χ3v) is 5.80. The summed E-state index contributed by atoms with van der Waals surface area (Å²) in [5.41, 5.74) is 2.70. The van der Waals surface area contributed by atoms with Crippen molar-refractivity contribution in [2.24, 2.45) is 0 Å². The third-order valence-electron chi connectivity index (χ3n) is 5.80. The van der Waals surface area contributed by atoms with E-state index in [1.54, 1.807) is 25.4 Å². The average Bonchev–Trinajstić information content (AvgIpc) is 3.50. The number of rotatable bonds is 5. The van der Waals surface area contributed by atoms with Crippen LogP contribution in [0.4, 0.5) is 5.82 Å². The Morgan fingerprint density at radius 1 is 1.00 bits per heavy atom. The molecule has 2 N–H and O–H groups in total. The van der Waals surface area contributed by atoms with Gasteiger partial charge in [0.05, 0.1) is 5.41 Å². The molecular weight excluding hydrogens is 394 g/mol. The quantitative estimate of drug-likeness (QED) is 0.660. The predicted molar refractivity (Wildman–Crippen MR) is 117 cm³/mol. The zero-order chi connectivity index (χ0) is 21.4. The van der Waals surface area contributed by atoms with Crippen LogP contribution in [0.2, 0.25) is 0 Å². The number of carbonyl (C=O) groups excluding carboxylic acids is 2. The van der Waals surface area contributed by atoms with Gasteiger partial charge in [0.15, 0.2) is 11.5 Å². The largest absolute Gasteiger partial charge is 0.454 e. The summed E-state index contributed by atoms with van der Waals surface area (Å²) in [5, 5.41) is 5.56. The molecule has 0 saturated heterocycles. The first-order valence-corrected chi connectivity index (χ1v) is 10.1. The number of ether oxygens (including phenoxy) is 2. The maximum atomic E-state index is 13.0. The lowest BCUT2D eigenvalue weighted by Crippen LogP contribution is -2.28. The molecule has 0 spiro atoms. The Morgan fingerprint density at radius 2 is 1.84 bits per heavy atom. The molecule has 2 aliphatic rings. The number of fused-ring (bicyclic) bond motifs is 1. The van der Waals surface area contributed by atoms with Crippen LogP contribution in [0.15, 0.2) is 60.8 Å². The van der Waals surface area contributed by atoms with E-state index >= 15 is 0 Å². The van der Waals surface area contributed by atoms with Gasteiger partial charge in [0.1, 0.15) is 5.82 Å². The summed E-state index contributed by atoms with van der Waals surface area (Å²) in [6, 6.07) is 16.6. The first-order chi connectivity index (χ1) is 15.1. The molecule has 7 nitrogen and oxygen atoms in total. The van der Waals surface area contributed by atoms with Gasteiger partial charge in [-0.2, -0.15) is 0 Å². The van der Waals surface area contributed by atoms with E-state index in [2.05, 4.69) is 15.6 Å². The maximum absolute atomic E-state index is 13.0. The molecule has 7 heteroatoms. The second-order valence-electron chi connectivity index (χ2n) is 7.70. The lowest BCUT2D eigenvalue weighted by molar-refractivity contribution is -0.118. The standard InChI is InChI=1S/C24H21N3O4.H2/c1-25-22(28)16-4-2-3-15(11-16)17-5-8-21(26-13-17)27-23(29)24(9-10-24)18-6-7-19-20(12-18)31-14-30-19;/h2-8,11-13H,9-10,14H2,1H3,(H,25,28)(H,26,27,29);1H. The first-order valence-electron chi connectivity index (χ1n) is 10.1. The van der Waals surface area contributed by atoms with Crippen LogP contribution in [0.25, 0.3) is 11.1 Å². The third kappa shape index (κ3) is 3.48. The Bertz CT molecular complexity index is 1180. The van der Waals surface area contributed by atoms with Crippen molar-refractivity contribution < 1.29 is 20.5 Å². The minimum atomic E-state index is -0.552. The predicted octanol–water partition coefficient (Wildman–Crippen LogP) is 3.75. The van der Waals surface area contributed by atoms with Crippen molar-refractivity contribution in [1.29, 1.82) is 0 Å². The van der Waals surface area contributed by atoms with Crippen LogP contribution in [0.1, 0.15) is 30.2 Å². The molecule has 1 saturated carbocycles. The molecule has 31 heavy (non-hydrogen) atoms. The van der Waals surface area contributed by atoms with Gasteiger partial charge in [0, 0.05) is 25.8 Å². The van der Waals surface area contributed by atoms with Gasteiger partial charge in [-0.3, -0.25) is 9.59 Å². The number of pyridine rings is 1. The highest BCUT2D eigenvalue weighted by molar-refractivity contribution is 6.01. The van der Waals surface area contributed by atoms with Gasteiger partial charge in [-0.25, -0.2) is 4.98 Å². The van der Waals surface area contributed by atoms with E-state index in [0.29, 0.717) is 22.9 Å². The Hall–Kier alpha value is -3.87. The van der Waals surface area contributed by atoms with E-state index in [1.165, 1.54) is 0 Å². The summed E-state index contributed by atoms with van der Waals surface area (Å²) in [6.07, 6.45) is 3.25. The summed E-state index contributed by atoms with van der Waals surface area (Å²) < 4.78 is 10.8. The number of aromatic nitrogens is 1. The molecule has 5 rings (SSSR count). The Kier molecular flexibility index (Phi) is 4.58. The summed E-state index contributed by atoms with van der Waals surface area (Å²) in [5.74, 6) is 1.66. The van der Waals surface area contributed by atoms with Gasteiger partial charge in [0.25, 0.3) is 5.91 Å². The summed E-state index contributed by atoms with van der Waals surface area (Å²) in [4.78, 5) is 29.3. The van der Waals surface area contributed by atoms with Crippen LogP contribution in [0.3, 0.4) is 0 Å². The minimum Gasteiger partial charge on any atom is -0.454 e. The monoisotopic (exact) mass is 417 g/mol. The van der Waals surface area contributed by atoms with Crippen molar-refractivity contribution in [2.45, 2.75) is 18.3 Å². The smallest absolute Gasteiger partial charge is 0.251 e. The molecule has 2 amide bonds. The number of benzene rings is 2. The molecule has 1 aliphatic carbocycles. The normalized spacial score (nSPS) is 15.3. The van der Waals surface area contributed by atoms with Crippen LogP contribution >= 0.6 is 0 Å². The fourth-order valence-electron chi connectivity index (χ4n) is 3.82. The summed E-state index contributed by atoms with van der Waals surface area (Å²) in [6.45, 7) is 0.209. The Labute approximate surface area is 180 Å². The van der Waals surface area contributed by atoms with E-state index in [1.807, 2.05) is 42.5 Å². The van der Waals surface area contributed by atoms with Gasteiger partial charge >= 0.3 is 0 Å². The Morgan fingerprint density at radius 3 is 2.58 bits per heavy atom. The molecule has 1 aromatic heterocycles. The van der Waals surface area contributed by atoms with E-state index in [4.69, 9.17) is 9.47 Å². The molecule has 2 heterocycles. The lowest BCUT2D eigenvalue weighted by Gasteiger charge is -2.16. The van der Waals surface area contributed by atoms with Crippen molar-refractivity contribution in [3.05, 3.63) is 71.9 Å². The molecular formula is C24H23N3O4. The number of nitrogens with one attached hydrogen (secondary N) is 2. The topological polar surface area (TPSA) is 89.6 Å². The van der Waals surface area contributed by atoms with Crippen LogP contribution in [-0.4, -0.2) is 30.6 Å². The maximum Gasteiger partial charge on any atom is 0.251 e. The van der Waals surface area contributed by atoms with Crippen molar-refractivity contribution in [1.82, 2.24) is 10.3 Å². The van der Waals surface area contributed by atoms with Gasteiger partial charge in [-0.05, 0) is 60.4 Å². The number of carbonyl (C=O) groups is 2. The van der Waals surface area contributed by atoms with Crippen LogP contribution in [0, 0.1) is 0 Å². The molecule has 0 radical (unpaired) electrons. The van der Waals surface area contributed by atoms with Crippen LogP contribution in [0.5, 0.6) is 11.5 Å². The second kappa shape index (κ2) is 7.43. The van der Waals surface area contributed by atoms with Crippen molar-refractivity contribution in [2.75, 3.05) is 19.2 Å². The fourth-order valence-corrected chi connectivity index (χ4v) is 3.82. The summed E-state index contributed by atoms with van der Waals surface area (Å²) >= 11 is 0. The van der Waals surface area contributed by atoms with Gasteiger partial charge in [0.2, 0.25) is 12.7 Å². The number of hydrogen-bond donors (Lipinski definition) is 2. The van der Waals surface area contributed by atoms with Gasteiger partial charge < -0.3 is 20.1 Å². The fraction of sp³-hybridized carbons (Fsp3) is 0.208. The van der Waals surface area contributed by atoms with E-state index in [0.717, 1.165) is 29.5 Å². The van der Waals surface area contributed by atoms with Crippen LogP contribution < -0.4 is 20.1 Å². The molecule has 0 atom stereocenters. The van der Waals surface area contributed by atoms with Crippen molar-refractivity contribution in [3.8, 4) is 22.6 Å². The van der Waals surface area contributed by atoms with Gasteiger partial charge in [-0.15, -0.1) is 0 Å². The first kappa shape index (κ1) is 19.1. The molecule has 3 aromatic rings. The van der Waals surface area contributed by atoms with E-state index < -0.39 is 5.41 Å². The zero-order valence-corrected chi connectivity index (χ0v) is 17.0. The highest BCUT2D eigenvalue weighted by atomic mass is 16.7. The molecule has 1 aliphatic heterocycles. The molecule has 0 bridgehead atoms. The number of amides is 2. The molecule has 2 aromatic carbocycles. The second-order valence-corrected chi connectivity index (χ2v) is 7.70. The average molecular weight is 417 g/mol. The Balaban J connectivity index is 0.00000245.